The average molecular weight is 501 g/mol. The highest BCUT2D eigenvalue weighted by molar-refractivity contribution is 6.30. The van der Waals surface area contributed by atoms with Crippen molar-refractivity contribution in [1.29, 1.82) is 0 Å². The number of fused-ring (bicyclic) bond motifs is 1. The number of amides is 1. The lowest BCUT2D eigenvalue weighted by Crippen LogP contribution is -2.35. The molecule has 0 radical (unpaired) electrons. The molecule has 3 aromatic heterocycles. The van der Waals surface area contributed by atoms with Gasteiger partial charge >= 0.3 is 0 Å². The normalized spacial score (nSPS) is 16.2. The third kappa shape index (κ3) is 5.59. The van der Waals surface area contributed by atoms with Crippen molar-refractivity contribution >= 4 is 40.5 Å². The highest BCUT2D eigenvalue weighted by Gasteiger charge is 2.21. The predicted octanol–water partition coefficient (Wildman–Crippen LogP) is 3.52. The first-order valence-corrected chi connectivity index (χ1v) is 12.4. The van der Waals surface area contributed by atoms with Gasteiger partial charge in [0.05, 0.1) is 11.2 Å². The Kier molecular flexibility index (Phi) is 7.92. The van der Waals surface area contributed by atoms with E-state index in [0.29, 0.717) is 33.6 Å². The summed E-state index contributed by atoms with van der Waals surface area (Å²) >= 11 is 6.35. The molecule has 3 N–H and O–H groups in total. The van der Waals surface area contributed by atoms with Crippen molar-refractivity contribution in [2.75, 3.05) is 44.9 Å². The van der Waals surface area contributed by atoms with Crippen LogP contribution >= 0.6 is 11.6 Å². The van der Waals surface area contributed by atoms with E-state index in [1.165, 1.54) is 36.4 Å². The van der Waals surface area contributed by atoms with Gasteiger partial charge in [-0.1, -0.05) is 37.3 Å². The Hall–Kier alpha value is -3.11. The van der Waals surface area contributed by atoms with Crippen LogP contribution in [0.2, 0.25) is 5.02 Å². The highest BCUT2D eigenvalue weighted by atomic mass is 35.5. The molecule has 2 aliphatic rings. The number of anilines is 3. The van der Waals surface area contributed by atoms with Crippen LogP contribution in [0.1, 0.15) is 54.9 Å². The van der Waals surface area contributed by atoms with Crippen LogP contribution in [-0.2, 0) is 0 Å². The summed E-state index contributed by atoms with van der Waals surface area (Å²) in [6, 6.07) is 3.41. The maximum absolute atomic E-state index is 13.2. The Morgan fingerprint density at radius 1 is 1.11 bits per heavy atom. The van der Waals surface area contributed by atoms with Crippen molar-refractivity contribution in [2.45, 2.75) is 44.6 Å². The Bertz CT molecular complexity index is 1240. The number of hydrogen-bond donors (Lipinski definition) is 3. The topological polar surface area (TPSA) is 109 Å². The van der Waals surface area contributed by atoms with Crippen LogP contribution in [0.3, 0.4) is 0 Å². The Morgan fingerprint density at radius 3 is 2.40 bits per heavy atom. The standard InChI is InChI=1S/C20H25ClN8O2.C4H8/c1-22-17-9-16(26-18-14(19(30)23-2)10-24-29(17)18)25-15-8-12(21)11-28(20(15)31)13-4-6-27(3)7-5-13;1-2-4-3-1/h8-11,13,22H,4-7H2,1-3H3,(H,23,30)(H,25,26);1-4H2. The van der Waals surface area contributed by atoms with Gasteiger partial charge in [0.15, 0.2) is 5.65 Å². The second-order valence-corrected chi connectivity index (χ2v) is 9.44. The maximum atomic E-state index is 13.2. The molecule has 1 saturated carbocycles. The van der Waals surface area contributed by atoms with Crippen molar-refractivity contribution in [3.05, 3.63) is 45.5 Å². The van der Waals surface area contributed by atoms with Gasteiger partial charge in [-0.25, -0.2) is 4.98 Å². The number of pyridine rings is 1. The molecule has 5 rings (SSSR count). The second kappa shape index (κ2) is 11.1. The van der Waals surface area contributed by atoms with Crippen molar-refractivity contribution in [1.82, 2.24) is 29.4 Å². The van der Waals surface area contributed by atoms with E-state index in [9.17, 15) is 9.59 Å². The van der Waals surface area contributed by atoms with Gasteiger partial charge in [0.25, 0.3) is 11.5 Å². The molecule has 188 valence electrons. The lowest BCUT2D eigenvalue weighted by atomic mass is 10.0. The minimum absolute atomic E-state index is 0.0981. The van der Waals surface area contributed by atoms with E-state index < -0.39 is 0 Å². The second-order valence-electron chi connectivity index (χ2n) is 9.01. The van der Waals surface area contributed by atoms with Crippen LogP contribution < -0.4 is 21.5 Å². The number of carbonyl (C=O) groups excluding carboxylic acids is 1. The van der Waals surface area contributed by atoms with Crippen molar-refractivity contribution in [3.8, 4) is 0 Å². The first-order valence-electron chi connectivity index (χ1n) is 12.1. The zero-order valence-corrected chi connectivity index (χ0v) is 21.2. The van der Waals surface area contributed by atoms with Crippen LogP contribution in [0.5, 0.6) is 0 Å². The molecule has 1 amide bonds. The summed E-state index contributed by atoms with van der Waals surface area (Å²) in [6.45, 7) is 1.86. The predicted molar refractivity (Wildman–Crippen MR) is 139 cm³/mol. The molecule has 10 nitrogen and oxygen atoms in total. The average Bonchev–Trinajstić information content (AvgIpc) is 3.23. The van der Waals surface area contributed by atoms with Crippen molar-refractivity contribution in [3.63, 3.8) is 0 Å². The molecule has 3 aromatic rings. The molecule has 11 heteroatoms. The van der Waals surface area contributed by atoms with Gasteiger partial charge < -0.3 is 25.4 Å². The molecule has 0 aromatic carbocycles. The molecule has 1 saturated heterocycles. The van der Waals surface area contributed by atoms with Gasteiger partial charge in [0.1, 0.15) is 22.9 Å². The largest absolute Gasteiger partial charge is 0.373 e. The van der Waals surface area contributed by atoms with Gasteiger partial charge in [-0.15, -0.1) is 0 Å². The van der Waals surface area contributed by atoms with Crippen LogP contribution in [0.15, 0.2) is 29.3 Å². The molecule has 0 atom stereocenters. The van der Waals surface area contributed by atoms with E-state index >= 15 is 0 Å². The Morgan fingerprint density at radius 2 is 1.80 bits per heavy atom. The fourth-order valence-corrected chi connectivity index (χ4v) is 4.30. The van der Waals surface area contributed by atoms with Crippen LogP contribution in [0, 0.1) is 0 Å². The van der Waals surface area contributed by atoms with Gasteiger partial charge in [-0.05, 0) is 39.0 Å². The minimum Gasteiger partial charge on any atom is -0.373 e. The van der Waals surface area contributed by atoms with E-state index in [1.807, 2.05) is 0 Å². The molecule has 1 aliphatic heterocycles. The minimum atomic E-state index is -0.297. The molecule has 35 heavy (non-hydrogen) atoms. The van der Waals surface area contributed by atoms with E-state index in [2.05, 4.69) is 38.0 Å². The smallest absolute Gasteiger partial charge is 0.274 e. The molecule has 2 fully saturated rings. The zero-order valence-electron chi connectivity index (χ0n) is 20.5. The number of nitrogens with zero attached hydrogens (tertiary/aromatic N) is 5. The van der Waals surface area contributed by atoms with E-state index in [4.69, 9.17) is 11.6 Å². The first kappa shape index (κ1) is 25.0. The molecule has 4 heterocycles. The van der Waals surface area contributed by atoms with Crippen molar-refractivity contribution in [2.24, 2.45) is 0 Å². The third-order valence-electron chi connectivity index (χ3n) is 6.55. The molecule has 1 aliphatic carbocycles. The van der Waals surface area contributed by atoms with Gasteiger partial charge in [0, 0.05) is 32.4 Å². The number of piperidine rings is 1. The van der Waals surface area contributed by atoms with Gasteiger partial charge in [0.2, 0.25) is 0 Å². The molecule has 0 bridgehead atoms. The number of halogens is 1. The number of aromatic nitrogens is 4. The Balaban J connectivity index is 0.000000656. The van der Waals surface area contributed by atoms with Gasteiger partial charge in [-0.2, -0.15) is 9.61 Å². The lowest BCUT2D eigenvalue weighted by Gasteiger charge is -2.30. The first-order chi connectivity index (χ1) is 16.9. The quantitative estimate of drug-likeness (QED) is 0.491. The fourth-order valence-electron chi connectivity index (χ4n) is 4.09. The third-order valence-corrected chi connectivity index (χ3v) is 6.76. The number of carbonyl (C=O) groups is 1. The highest BCUT2D eigenvalue weighted by Crippen LogP contribution is 2.25. The fraction of sp³-hybridized carbons (Fsp3) is 0.500. The summed E-state index contributed by atoms with van der Waals surface area (Å²) in [5.74, 6) is 0.714. The lowest BCUT2D eigenvalue weighted by molar-refractivity contribution is 0.0964. The van der Waals surface area contributed by atoms with E-state index in [1.54, 1.807) is 37.0 Å². The Labute approximate surface area is 209 Å². The van der Waals surface area contributed by atoms with Crippen LogP contribution in [0.4, 0.5) is 17.3 Å². The summed E-state index contributed by atoms with van der Waals surface area (Å²) < 4.78 is 3.24. The van der Waals surface area contributed by atoms with E-state index in [-0.39, 0.29) is 17.5 Å². The maximum Gasteiger partial charge on any atom is 0.274 e. The summed E-state index contributed by atoms with van der Waals surface area (Å²) in [7, 11) is 5.37. The molecular formula is C24H33ClN8O2. The number of nitrogens with one attached hydrogen (secondary N) is 3. The summed E-state index contributed by atoms with van der Waals surface area (Å²) in [4.78, 5) is 32.1. The number of likely N-dealkylation sites (tertiary alicyclic amines) is 1. The SMILES string of the molecule is C1CCC1.CNC(=O)c1cnn2c(NC)cc(Nc3cc(Cl)cn(C4CCN(C)CC4)c3=O)nc12. The molecular weight excluding hydrogens is 468 g/mol. The van der Waals surface area contributed by atoms with Crippen molar-refractivity contribution < 1.29 is 4.79 Å². The zero-order chi connectivity index (χ0) is 24.9. The molecule has 0 spiro atoms. The monoisotopic (exact) mass is 500 g/mol. The molecule has 0 unspecified atom stereocenters. The van der Waals surface area contributed by atoms with E-state index in [0.717, 1.165) is 25.9 Å². The summed E-state index contributed by atoms with van der Waals surface area (Å²) in [5, 5.41) is 13.4. The summed E-state index contributed by atoms with van der Waals surface area (Å²) in [5.41, 5.74) is 0.863. The number of rotatable bonds is 5. The summed E-state index contributed by atoms with van der Waals surface area (Å²) in [6.07, 6.45) is 10.9. The van der Waals surface area contributed by atoms with Crippen LogP contribution in [-0.4, -0.2) is 64.2 Å². The van der Waals surface area contributed by atoms with Gasteiger partial charge in [-0.3, -0.25) is 9.59 Å². The van der Waals surface area contributed by atoms with Crippen LogP contribution in [0.25, 0.3) is 5.65 Å². The number of hydrogen-bond acceptors (Lipinski definition) is 7.